The zero-order valence-corrected chi connectivity index (χ0v) is 15.6. The van der Waals surface area contributed by atoms with Crippen LogP contribution in [0, 0.1) is 6.92 Å². The standard InChI is InChI=1S/C19H30ClN3O/c1-13-11-19(18(21)12-17(13)20)22-14-7-9-23(10-8-14)15-3-5-16(24-2)6-4-15/h11-12,14-16,22H,3-10,21H2,1-2H3/t15-,16-. The third kappa shape index (κ3) is 4.16. The van der Waals surface area contributed by atoms with Gasteiger partial charge in [0.15, 0.2) is 0 Å². The molecule has 2 fully saturated rings. The summed E-state index contributed by atoms with van der Waals surface area (Å²) in [6.45, 7) is 4.37. The number of hydrogen-bond donors (Lipinski definition) is 2. The number of nitrogen functional groups attached to an aromatic ring is 1. The summed E-state index contributed by atoms with van der Waals surface area (Å²) in [6.07, 6.45) is 7.80. The normalized spacial score (nSPS) is 26.5. The van der Waals surface area contributed by atoms with Gasteiger partial charge in [0.2, 0.25) is 0 Å². The van der Waals surface area contributed by atoms with Gasteiger partial charge >= 0.3 is 0 Å². The molecule has 24 heavy (non-hydrogen) atoms. The quantitative estimate of drug-likeness (QED) is 0.803. The summed E-state index contributed by atoms with van der Waals surface area (Å²) >= 11 is 6.13. The van der Waals surface area contributed by atoms with Crippen molar-refractivity contribution in [3.05, 3.63) is 22.7 Å². The second-order valence-electron chi connectivity index (χ2n) is 7.31. The minimum Gasteiger partial charge on any atom is -0.397 e. The van der Waals surface area contributed by atoms with E-state index in [9.17, 15) is 0 Å². The Labute approximate surface area is 150 Å². The van der Waals surface area contributed by atoms with E-state index in [1.807, 2.05) is 20.1 Å². The number of ether oxygens (including phenoxy) is 1. The molecule has 2 aliphatic rings. The highest BCUT2D eigenvalue weighted by molar-refractivity contribution is 6.31. The molecular formula is C19H30ClN3O. The molecule has 1 aliphatic carbocycles. The van der Waals surface area contributed by atoms with Crippen LogP contribution in [-0.2, 0) is 4.74 Å². The Morgan fingerprint density at radius 3 is 2.42 bits per heavy atom. The number of methoxy groups -OCH3 is 1. The Morgan fingerprint density at radius 1 is 1.12 bits per heavy atom. The van der Waals surface area contributed by atoms with Crippen molar-refractivity contribution in [2.75, 3.05) is 31.2 Å². The van der Waals surface area contributed by atoms with E-state index >= 15 is 0 Å². The molecular weight excluding hydrogens is 322 g/mol. The number of nitrogens with two attached hydrogens (primary N) is 1. The Balaban J connectivity index is 1.50. The van der Waals surface area contributed by atoms with Gasteiger partial charge in [0.05, 0.1) is 17.5 Å². The molecule has 0 atom stereocenters. The minimum atomic E-state index is 0.483. The summed E-state index contributed by atoms with van der Waals surface area (Å²) in [6, 6.07) is 5.17. The maximum atomic E-state index is 6.13. The number of rotatable bonds is 4. The molecule has 4 nitrogen and oxygen atoms in total. The predicted octanol–water partition coefficient (Wildman–Crippen LogP) is 4.06. The van der Waals surface area contributed by atoms with Gasteiger partial charge in [-0.2, -0.15) is 0 Å². The fourth-order valence-corrected chi connectivity index (χ4v) is 4.27. The van der Waals surface area contributed by atoms with E-state index in [2.05, 4.69) is 16.3 Å². The lowest BCUT2D eigenvalue weighted by molar-refractivity contribution is 0.0329. The summed E-state index contributed by atoms with van der Waals surface area (Å²) in [5.74, 6) is 0. The molecule has 1 aromatic carbocycles. The molecule has 1 saturated heterocycles. The van der Waals surface area contributed by atoms with Crippen LogP contribution in [0.2, 0.25) is 5.02 Å². The molecule has 1 aromatic rings. The van der Waals surface area contributed by atoms with Crippen LogP contribution in [0.5, 0.6) is 0 Å². The van der Waals surface area contributed by atoms with Gasteiger partial charge < -0.3 is 20.7 Å². The van der Waals surface area contributed by atoms with Crippen LogP contribution in [0.1, 0.15) is 44.1 Å². The van der Waals surface area contributed by atoms with E-state index in [0.717, 1.165) is 28.0 Å². The highest BCUT2D eigenvalue weighted by atomic mass is 35.5. The molecule has 0 radical (unpaired) electrons. The van der Waals surface area contributed by atoms with Gasteiger partial charge in [-0.1, -0.05) is 11.6 Å². The van der Waals surface area contributed by atoms with E-state index in [-0.39, 0.29) is 0 Å². The van der Waals surface area contributed by atoms with E-state index in [0.29, 0.717) is 12.1 Å². The molecule has 5 heteroatoms. The van der Waals surface area contributed by atoms with Crippen LogP contribution in [-0.4, -0.2) is 43.3 Å². The van der Waals surface area contributed by atoms with E-state index < -0.39 is 0 Å². The van der Waals surface area contributed by atoms with Crippen LogP contribution in [0.4, 0.5) is 11.4 Å². The average Bonchev–Trinajstić information content (AvgIpc) is 2.60. The van der Waals surface area contributed by atoms with E-state index in [4.69, 9.17) is 22.1 Å². The van der Waals surface area contributed by atoms with Gasteiger partial charge in [-0.15, -0.1) is 0 Å². The summed E-state index contributed by atoms with van der Waals surface area (Å²) in [5.41, 5.74) is 8.94. The van der Waals surface area contributed by atoms with Crippen molar-refractivity contribution in [2.45, 2.75) is 63.6 Å². The van der Waals surface area contributed by atoms with Crippen molar-refractivity contribution < 1.29 is 4.74 Å². The first-order valence-corrected chi connectivity index (χ1v) is 9.53. The molecule has 0 aromatic heterocycles. The van der Waals surface area contributed by atoms with Crippen molar-refractivity contribution >= 4 is 23.0 Å². The van der Waals surface area contributed by atoms with Gasteiger partial charge in [-0.25, -0.2) is 0 Å². The topological polar surface area (TPSA) is 50.5 Å². The SMILES string of the molecule is CO[C@H]1CC[C@H](N2CCC(Nc3cc(C)c(Cl)cc3N)CC2)CC1. The van der Waals surface area contributed by atoms with Gasteiger partial charge in [0.1, 0.15) is 0 Å². The van der Waals surface area contributed by atoms with Crippen molar-refractivity contribution in [1.29, 1.82) is 0 Å². The molecule has 1 heterocycles. The van der Waals surface area contributed by atoms with Crippen molar-refractivity contribution in [2.24, 2.45) is 0 Å². The first-order chi connectivity index (χ1) is 11.6. The number of nitrogens with zero attached hydrogens (tertiary/aromatic N) is 1. The molecule has 134 valence electrons. The van der Waals surface area contributed by atoms with E-state index in [1.54, 1.807) is 0 Å². The molecule has 1 saturated carbocycles. The van der Waals surface area contributed by atoms with Crippen LogP contribution < -0.4 is 11.1 Å². The van der Waals surface area contributed by atoms with Gasteiger partial charge in [-0.05, 0) is 63.1 Å². The van der Waals surface area contributed by atoms with E-state index in [1.165, 1.54) is 51.6 Å². The average molecular weight is 352 g/mol. The summed E-state index contributed by atoms with van der Waals surface area (Å²) < 4.78 is 5.49. The Morgan fingerprint density at radius 2 is 1.79 bits per heavy atom. The number of benzene rings is 1. The molecule has 1 aliphatic heterocycles. The maximum absolute atomic E-state index is 6.13. The highest BCUT2D eigenvalue weighted by Gasteiger charge is 2.29. The summed E-state index contributed by atoms with van der Waals surface area (Å²) in [4.78, 5) is 2.68. The lowest BCUT2D eigenvalue weighted by atomic mass is 9.90. The van der Waals surface area contributed by atoms with Crippen LogP contribution in [0.15, 0.2) is 12.1 Å². The monoisotopic (exact) mass is 351 g/mol. The summed E-state index contributed by atoms with van der Waals surface area (Å²) in [7, 11) is 1.84. The predicted molar refractivity (Wildman–Crippen MR) is 102 cm³/mol. The second kappa shape index (κ2) is 7.94. The number of halogens is 1. The zero-order chi connectivity index (χ0) is 17.1. The Bertz CT molecular complexity index is 550. The smallest absolute Gasteiger partial charge is 0.0579 e. The number of piperidine rings is 1. The largest absolute Gasteiger partial charge is 0.397 e. The Hall–Kier alpha value is -0.970. The third-order valence-corrected chi connectivity index (χ3v) is 6.12. The van der Waals surface area contributed by atoms with Crippen molar-refractivity contribution in [3.63, 3.8) is 0 Å². The molecule has 0 spiro atoms. The molecule has 3 N–H and O–H groups in total. The fourth-order valence-electron chi connectivity index (χ4n) is 4.10. The lowest BCUT2D eigenvalue weighted by Gasteiger charge is -2.41. The minimum absolute atomic E-state index is 0.483. The van der Waals surface area contributed by atoms with Gasteiger partial charge in [0.25, 0.3) is 0 Å². The first-order valence-electron chi connectivity index (χ1n) is 9.16. The molecule has 0 amide bonds. The number of likely N-dealkylation sites (tertiary alicyclic amines) is 1. The number of anilines is 2. The number of nitrogens with one attached hydrogen (secondary N) is 1. The van der Waals surface area contributed by atoms with Gasteiger partial charge in [-0.3, -0.25) is 0 Å². The van der Waals surface area contributed by atoms with Crippen LogP contribution in [0.25, 0.3) is 0 Å². The van der Waals surface area contributed by atoms with Crippen molar-refractivity contribution in [1.82, 2.24) is 4.90 Å². The highest BCUT2D eigenvalue weighted by Crippen LogP contribution is 2.30. The lowest BCUT2D eigenvalue weighted by Crippen LogP contribution is -2.46. The Kier molecular flexibility index (Phi) is 5.90. The summed E-state index contributed by atoms with van der Waals surface area (Å²) in [5, 5.41) is 4.36. The van der Waals surface area contributed by atoms with Crippen molar-refractivity contribution in [3.8, 4) is 0 Å². The first kappa shape index (κ1) is 17.8. The molecule has 0 bridgehead atoms. The number of aryl methyl sites for hydroxylation is 1. The van der Waals surface area contributed by atoms with Gasteiger partial charge in [0, 0.05) is 37.3 Å². The molecule has 0 unspecified atom stereocenters. The second-order valence-corrected chi connectivity index (χ2v) is 7.72. The fraction of sp³-hybridized carbons (Fsp3) is 0.684. The van der Waals surface area contributed by atoms with Crippen LogP contribution in [0.3, 0.4) is 0 Å². The van der Waals surface area contributed by atoms with Crippen LogP contribution >= 0.6 is 11.6 Å². The zero-order valence-electron chi connectivity index (χ0n) is 14.9. The number of hydrogen-bond acceptors (Lipinski definition) is 4. The molecule has 3 rings (SSSR count). The maximum Gasteiger partial charge on any atom is 0.0579 e. The third-order valence-electron chi connectivity index (χ3n) is 5.71.